The summed E-state index contributed by atoms with van der Waals surface area (Å²) in [6.07, 6.45) is 16.3. The van der Waals surface area contributed by atoms with Crippen LogP contribution < -0.4 is 0 Å². The highest BCUT2D eigenvalue weighted by Gasteiger charge is 2.63. The number of hydrogen-bond acceptors (Lipinski definition) is 2. The van der Waals surface area contributed by atoms with Crippen molar-refractivity contribution in [1.29, 1.82) is 0 Å². The van der Waals surface area contributed by atoms with Crippen molar-refractivity contribution in [3.05, 3.63) is 23.3 Å². The maximum absolute atomic E-state index is 11.8. The lowest BCUT2D eigenvalue weighted by atomic mass is 9.43. The Morgan fingerprint density at radius 3 is 2.32 bits per heavy atom. The van der Waals surface area contributed by atoms with E-state index in [9.17, 15) is 4.79 Å². The highest BCUT2D eigenvalue weighted by Crippen LogP contribution is 2.72. The SMILES string of the molecule is CC(=O)O[C@H]1CC[C@]2(C)C3=C(CC[C@H]2C1(C)C)[C@@]1(C)CC[C@@H]([C@@H](C)/C=C\CC(C)C)[C@]1(C)CC3. The Labute approximate surface area is 210 Å². The number of esters is 1. The van der Waals surface area contributed by atoms with Gasteiger partial charge in [0.15, 0.2) is 0 Å². The van der Waals surface area contributed by atoms with Gasteiger partial charge in [0, 0.05) is 12.3 Å². The van der Waals surface area contributed by atoms with E-state index in [1.807, 2.05) is 11.1 Å². The van der Waals surface area contributed by atoms with Crippen LogP contribution in [0.3, 0.4) is 0 Å². The molecule has 0 radical (unpaired) electrons. The summed E-state index contributed by atoms with van der Waals surface area (Å²) in [5, 5.41) is 0. The van der Waals surface area contributed by atoms with Crippen molar-refractivity contribution in [3.63, 3.8) is 0 Å². The maximum Gasteiger partial charge on any atom is 0.302 e. The van der Waals surface area contributed by atoms with E-state index >= 15 is 0 Å². The minimum absolute atomic E-state index is 0.0345. The summed E-state index contributed by atoms with van der Waals surface area (Å²) in [7, 11) is 0. The molecule has 0 heterocycles. The van der Waals surface area contributed by atoms with Gasteiger partial charge in [0.1, 0.15) is 6.10 Å². The lowest BCUT2D eigenvalue weighted by Gasteiger charge is -2.62. The Morgan fingerprint density at radius 2 is 1.68 bits per heavy atom. The highest BCUT2D eigenvalue weighted by molar-refractivity contribution is 5.66. The zero-order valence-corrected chi connectivity index (χ0v) is 23.7. The minimum Gasteiger partial charge on any atom is -0.462 e. The lowest BCUT2D eigenvalue weighted by molar-refractivity contribution is -0.167. The van der Waals surface area contributed by atoms with Crippen molar-refractivity contribution in [2.45, 2.75) is 126 Å². The smallest absolute Gasteiger partial charge is 0.302 e. The first-order valence-corrected chi connectivity index (χ1v) is 14.3. The molecule has 192 valence electrons. The number of fused-ring (bicyclic) bond motifs is 4. The molecule has 4 rings (SSSR count). The summed E-state index contributed by atoms with van der Waals surface area (Å²) in [5.74, 6) is 2.67. The summed E-state index contributed by atoms with van der Waals surface area (Å²) in [6.45, 7) is 21.3. The Bertz CT molecular complexity index is 862. The zero-order valence-electron chi connectivity index (χ0n) is 23.7. The van der Waals surface area contributed by atoms with E-state index < -0.39 is 0 Å². The first-order valence-electron chi connectivity index (χ1n) is 14.3. The van der Waals surface area contributed by atoms with Crippen LogP contribution >= 0.6 is 0 Å². The van der Waals surface area contributed by atoms with Gasteiger partial charge >= 0.3 is 5.97 Å². The van der Waals surface area contributed by atoms with Gasteiger partial charge in [0.05, 0.1) is 0 Å². The largest absolute Gasteiger partial charge is 0.462 e. The van der Waals surface area contributed by atoms with Gasteiger partial charge in [-0.3, -0.25) is 4.79 Å². The van der Waals surface area contributed by atoms with Crippen molar-refractivity contribution >= 4 is 5.97 Å². The zero-order chi connectivity index (χ0) is 25.1. The van der Waals surface area contributed by atoms with Crippen LogP contribution in [0, 0.1) is 45.3 Å². The lowest BCUT2D eigenvalue weighted by Crippen LogP contribution is -2.55. The number of hydrogen-bond donors (Lipinski definition) is 0. The van der Waals surface area contributed by atoms with E-state index in [0.29, 0.717) is 22.7 Å². The van der Waals surface area contributed by atoms with Crippen LogP contribution in [-0.2, 0) is 9.53 Å². The van der Waals surface area contributed by atoms with E-state index in [1.54, 1.807) is 6.92 Å². The number of carbonyl (C=O) groups is 1. The van der Waals surface area contributed by atoms with Gasteiger partial charge < -0.3 is 4.74 Å². The van der Waals surface area contributed by atoms with Crippen molar-refractivity contribution in [2.75, 3.05) is 0 Å². The third kappa shape index (κ3) is 3.85. The van der Waals surface area contributed by atoms with Crippen LogP contribution in [0.15, 0.2) is 23.3 Å². The molecule has 0 saturated heterocycles. The van der Waals surface area contributed by atoms with Crippen LogP contribution in [0.25, 0.3) is 0 Å². The Morgan fingerprint density at radius 1 is 0.971 bits per heavy atom. The predicted octanol–water partition coefficient (Wildman–Crippen LogP) is 8.91. The fourth-order valence-electron chi connectivity index (χ4n) is 9.66. The molecule has 0 aromatic rings. The summed E-state index contributed by atoms with van der Waals surface area (Å²) >= 11 is 0. The molecule has 2 heteroatoms. The van der Waals surface area contributed by atoms with Gasteiger partial charge in [0.2, 0.25) is 0 Å². The Hall–Kier alpha value is -1.05. The van der Waals surface area contributed by atoms with Gasteiger partial charge in [-0.2, -0.15) is 0 Å². The summed E-state index contributed by atoms with van der Waals surface area (Å²) in [6, 6.07) is 0. The molecule has 0 bridgehead atoms. The second-order valence-electron chi connectivity index (χ2n) is 14.2. The van der Waals surface area contributed by atoms with Crippen LogP contribution in [0.2, 0.25) is 0 Å². The van der Waals surface area contributed by atoms with Gasteiger partial charge in [-0.05, 0) is 97.7 Å². The number of allylic oxidation sites excluding steroid dienone is 4. The number of rotatable bonds is 5. The van der Waals surface area contributed by atoms with Crippen LogP contribution in [-0.4, -0.2) is 12.1 Å². The van der Waals surface area contributed by atoms with E-state index in [4.69, 9.17) is 4.74 Å². The fraction of sp³-hybridized carbons (Fsp3) is 0.844. The van der Waals surface area contributed by atoms with E-state index in [1.165, 1.54) is 51.4 Å². The van der Waals surface area contributed by atoms with Gasteiger partial charge in [-0.25, -0.2) is 0 Å². The molecule has 2 saturated carbocycles. The molecule has 0 unspecified atom stereocenters. The van der Waals surface area contributed by atoms with Crippen molar-refractivity contribution in [3.8, 4) is 0 Å². The molecule has 2 fully saturated rings. The van der Waals surface area contributed by atoms with Crippen molar-refractivity contribution < 1.29 is 9.53 Å². The Balaban J connectivity index is 1.64. The fourth-order valence-corrected chi connectivity index (χ4v) is 9.66. The molecule has 34 heavy (non-hydrogen) atoms. The maximum atomic E-state index is 11.8. The monoisotopic (exact) mass is 468 g/mol. The summed E-state index contributed by atoms with van der Waals surface area (Å²) in [4.78, 5) is 11.8. The van der Waals surface area contributed by atoms with E-state index in [0.717, 1.165) is 18.3 Å². The molecule has 4 aliphatic rings. The minimum atomic E-state index is -0.119. The molecule has 0 aromatic heterocycles. The van der Waals surface area contributed by atoms with Crippen LogP contribution in [0.4, 0.5) is 0 Å². The van der Waals surface area contributed by atoms with E-state index in [2.05, 4.69) is 67.5 Å². The molecule has 0 N–H and O–H groups in total. The predicted molar refractivity (Wildman–Crippen MR) is 142 cm³/mol. The van der Waals surface area contributed by atoms with Gasteiger partial charge in [-0.1, -0.05) is 78.7 Å². The molecule has 0 aromatic carbocycles. The normalized spacial score (nSPS) is 42.4. The second-order valence-corrected chi connectivity index (χ2v) is 14.2. The topological polar surface area (TPSA) is 26.3 Å². The highest BCUT2D eigenvalue weighted by atomic mass is 16.5. The molecule has 0 aliphatic heterocycles. The Kier molecular flexibility index (Phi) is 6.74. The summed E-state index contributed by atoms with van der Waals surface area (Å²) in [5.41, 5.74) is 4.72. The molecule has 4 aliphatic carbocycles. The molecule has 0 amide bonds. The van der Waals surface area contributed by atoms with Gasteiger partial charge in [0.25, 0.3) is 0 Å². The first kappa shape index (κ1) is 26.0. The van der Waals surface area contributed by atoms with E-state index in [-0.39, 0.29) is 22.9 Å². The average Bonchev–Trinajstić information content (AvgIpc) is 3.01. The molecule has 2 nitrogen and oxygen atoms in total. The first-order chi connectivity index (χ1) is 15.8. The quantitative estimate of drug-likeness (QED) is 0.297. The van der Waals surface area contributed by atoms with Crippen molar-refractivity contribution in [2.24, 2.45) is 45.3 Å². The average molecular weight is 469 g/mol. The van der Waals surface area contributed by atoms with Gasteiger partial charge in [-0.15, -0.1) is 0 Å². The molecular formula is C32H52O2. The van der Waals surface area contributed by atoms with Crippen LogP contribution in [0.5, 0.6) is 0 Å². The second kappa shape index (κ2) is 8.81. The third-order valence-corrected chi connectivity index (χ3v) is 11.7. The van der Waals surface area contributed by atoms with Crippen molar-refractivity contribution in [1.82, 2.24) is 0 Å². The molecular weight excluding hydrogens is 416 g/mol. The number of carbonyl (C=O) groups excluding carboxylic acids is 1. The van der Waals surface area contributed by atoms with Crippen LogP contribution in [0.1, 0.15) is 120 Å². The summed E-state index contributed by atoms with van der Waals surface area (Å²) < 4.78 is 5.87. The number of ether oxygens (including phenoxy) is 1. The third-order valence-electron chi connectivity index (χ3n) is 11.7. The molecule has 0 spiro atoms. The standard InChI is InChI=1S/C32H52O2/c1-21(2)11-10-12-22(3)24-15-19-32(9)26-13-14-27-29(5,6)28(34-23(4)33)17-18-30(27,7)25(26)16-20-31(24,32)8/h10,12,21-22,24,27-28H,11,13-20H2,1-9H3/b12-10-/t22-,24-,27-,28-,30+,31-,32+/m0/s1. The molecule has 7 atom stereocenters.